The van der Waals surface area contributed by atoms with E-state index in [1.807, 2.05) is 0 Å². The SMILES string of the molecule is CC(C)CC(NN)c1cncnc1. The fourth-order valence-corrected chi connectivity index (χ4v) is 1.26. The van der Waals surface area contributed by atoms with Gasteiger partial charge in [-0.3, -0.25) is 11.3 Å². The van der Waals surface area contributed by atoms with Gasteiger partial charge >= 0.3 is 0 Å². The van der Waals surface area contributed by atoms with Crippen LogP contribution in [-0.2, 0) is 0 Å². The van der Waals surface area contributed by atoms with Gasteiger partial charge in [0.15, 0.2) is 0 Å². The van der Waals surface area contributed by atoms with Crippen LogP contribution in [0.3, 0.4) is 0 Å². The first-order valence-corrected chi connectivity index (χ1v) is 4.45. The second-order valence-electron chi connectivity index (χ2n) is 3.52. The minimum absolute atomic E-state index is 0.154. The molecule has 0 radical (unpaired) electrons. The van der Waals surface area contributed by atoms with Gasteiger partial charge in [-0.15, -0.1) is 0 Å². The van der Waals surface area contributed by atoms with Gasteiger partial charge in [-0.25, -0.2) is 9.97 Å². The van der Waals surface area contributed by atoms with Crippen LogP contribution in [-0.4, -0.2) is 9.97 Å². The minimum Gasteiger partial charge on any atom is -0.271 e. The van der Waals surface area contributed by atoms with E-state index in [1.165, 1.54) is 6.33 Å². The molecule has 3 N–H and O–H groups in total. The van der Waals surface area contributed by atoms with Crippen molar-refractivity contribution >= 4 is 0 Å². The van der Waals surface area contributed by atoms with Crippen LogP contribution in [0.5, 0.6) is 0 Å². The van der Waals surface area contributed by atoms with Crippen molar-refractivity contribution in [3.05, 3.63) is 24.3 Å². The zero-order chi connectivity index (χ0) is 9.68. The Morgan fingerprint density at radius 1 is 1.38 bits per heavy atom. The van der Waals surface area contributed by atoms with Gasteiger partial charge in [-0.2, -0.15) is 0 Å². The normalized spacial score (nSPS) is 13.2. The van der Waals surface area contributed by atoms with E-state index in [0.717, 1.165) is 12.0 Å². The Labute approximate surface area is 78.6 Å². The number of hydrogen-bond acceptors (Lipinski definition) is 4. The van der Waals surface area contributed by atoms with Crippen molar-refractivity contribution in [3.8, 4) is 0 Å². The Kier molecular flexibility index (Phi) is 3.79. The molecule has 0 bridgehead atoms. The minimum atomic E-state index is 0.154. The summed E-state index contributed by atoms with van der Waals surface area (Å²) in [7, 11) is 0. The molecule has 0 aliphatic rings. The van der Waals surface area contributed by atoms with Crippen molar-refractivity contribution in [1.82, 2.24) is 15.4 Å². The lowest BCUT2D eigenvalue weighted by atomic mass is 10.00. The predicted molar refractivity (Wildman–Crippen MR) is 51.6 cm³/mol. The molecule has 0 fully saturated rings. The van der Waals surface area contributed by atoms with Crippen molar-refractivity contribution in [3.63, 3.8) is 0 Å². The van der Waals surface area contributed by atoms with Crippen LogP contribution in [0.4, 0.5) is 0 Å². The molecule has 0 aromatic carbocycles. The van der Waals surface area contributed by atoms with E-state index in [4.69, 9.17) is 5.84 Å². The molecular formula is C9H16N4. The molecule has 1 rings (SSSR count). The number of nitrogens with one attached hydrogen (secondary N) is 1. The molecule has 72 valence electrons. The van der Waals surface area contributed by atoms with Gasteiger partial charge in [0.05, 0.1) is 0 Å². The molecule has 1 atom stereocenters. The smallest absolute Gasteiger partial charge is 0.115 e. The molecule has 13 heavy (non-hydrogen) atoms. The van der Waals surface area contributed by atoms with Crippen LogP contribution in [0.1, 0.15) is 31.9 Å². The third-order valence-electron chi connectivity index (χ3n) is 1.89. The first-order valence-electron chi connectivity index (χ1n) is 4.45. The maximum atomic E-state index is 5.45. The van der Waals surface area contributed by atoms with E-state index in [9.17, 15) is 0 Å². The Morgan fingerprint density at radius 2 is 2.00 bits per heavy atom. The summed E-state index contributed by atoms with van der Waals surface area (Å²) in [5, 5.41) is 0. The van der Waals surface area contributed by atoms with Crippen molar-refractivity contribution in [2.24, 2.45) is 11.8 Å². The number of hydrogen-bond donors (Lipinski definition) is 2. The van der Waals surface area contributed by atoms with Crippen LogP contribution >= 0.6 is 0 Å². The second kappa shape index (κ2) is 4.89. The summed E-state index contributed by atoms with van der Waals surface area (Å²) in [6, 6.07) is 0.154. The summed E-state index contributed by atoms with van der Waals surface area (Å²) < 4.78 is 0. The van der Waals surface area contributed by atoms with Gasteiger partial charge in [-0.1, -0.05) is 13.8 Å². The van der Waals surface area contributed by atoms with Gasteiger partial charge in [0.25, 0.3) is 0 Å². The molecule has 1 aromatic rings. The number of nitrogens with two attached hydrogens (primary N) is 1. The highest BCUT2D eigenvalue weighted by Crippen LogP contribution is 2.18. The molecule has 0 aliphatic heterocycles. The molecule has 4 heteroatoms. The number of rotatable bonds is 4. The van der Waals surface area contributed by atoms with E-state index in [2.05, 4.69) is 29.2 Å². The summed E-state index contributed by atoms with van der Waals surface area (Å²) >= 11 is 0. The molecule has 1 aromatic heterocycles. The molecule has 4 nitrogen and oxygen atoms in total. The third kappa shape index (κ3) is 3.08. The molecule has 0 amide bonds. The van der Waals surface area contributed by atoms with E-state index in [0.29, 0.717) is 5.92 Å². The van der Waals surface area contributed by atoms with Crippen LogP contribution in [0, 0.1) is 5.92 Å². The van der Waals surface area contributed by atoms with E-state index in [1.54, 1.807) is 12.4 Å². The molecule has 1 unspecified atom stereocenters. The van der Waals surface area contributed by atoms with Gasteiger partial charge in [0.1, 0.15) is 6.33 Å². The molecule has 0 spiro atoms. The van der Waals surface area contributed by atoms with E-state index >= 15 is 0 Å². The van der Waals surface area contributed by atoms with Gasteiger partial charge in [0.2, 0.25) is 0 Å². The quantitative estimate of drug-likeness (QED) is 0.536. The maximum absolute atomic E-state index is 5.45. The first-order chi connectivity index (χ1) is 6.24. The number of nitrogens with zero attached hydrogens (tertiary/aromatic N) is 2. The lowest BCUT2D eigenvalue weighted by Crippen LogP contribution is -2.29. The lowest BCUT2D eigenvalue weighted by molar-refractivity contribution is 0.436. The molecule has 1 heterocycles. The molecule has 0 saturated carbocycles. The average molecular weight is 180 g/mol. The fraction of sp³-hybridized carbons (Fsp3) is 0.556. The maximum Gasteiger partial charge on any atom is 0.115 e. The monoisotopic (exact) mass is 180 g/mol. The zero-order valence-corrected chi connectivity index (χ0v) is 8.07. The van der Waals surface area contributed by atoms with Crippen LogP contribution < -0.4 is 11.3 Å². The summed E-state index contributed by atoms with van der Waals surface area (Å²) in [5.41, 5.74) is 3.81. The molecule has 0 saturated heterocycles. The summed E-state index contributed by atoms with van der Waals surface area (Å²) in [5.74, 6) is 6.05. The molecular weight excluding hydrogens is 164 g/mol. The first kappa shape index (κ1) is 10.1. The van der Waals surface area contributed by atoms with Crippen molar-refractivity contribution in [2.75, 3.05) is 0 Å². The van der Waals surface area contributed by atoms with Crippen molar-refractivity contribution in [2.45, 2.75) is 26.3 Å². The third-order valence-corrected chi connectivity index (χ3v) is 1.89. The highest BCUT2D eigenvalue weighted by Gasteiger charge is 2.11. The lowest BCUT2D eigenvalue weighted by Gasteiger charge is -2.17. The number of aromatic nitrogens is 2. The fourth-order valence-electron chi connectivity index (χ4n) is 1.26. The highest BCUT2D eigenvalue weighted by molar-refractivity contribution is 5.08. The second-order valence-corrected chi connectivity index (χ2v) is 3.52. The van der Waals surface area contributed by atoms with Gasteiger partial charge in [0, 0.05) is 24.0 Å². The standard InChI is InChI=1S/C9H16N4/c1-7(2)3-9(13-10)8-4-11-6-12-5-8/h4-7,9,13H,3,10H2,1-2H3. The van der Waals surface area contributed by atoms with Crippen LogP contribution in [0.2, 0.25) is 0 Å². The van der Waals surface area contributed by atoms with Gasteiger partial charge in [-0.05, 0) is 12.3 Å². The van der Waals surface area contributed by atoms with Gasteiger partial charge < -0.3 is 0 Å². The van der Waals surface area contributed by atoms with Crippen molar-refractivity contribution < 1.29 is 0 Å². The van der Waals surface area contributed by atoms with Crippen molar-refractivity contribution in [1.29, 1.82) is 0 Å². The van der Waals surface area contributed by atoms with Crippen LogP contribution in [0.25, 0.3) is 0 Å². The van der Waals surface area contributed by atoms with E-state index in [-0.39, 0.29) is 6.04 Å². The Bertz CT molecular complexity index is 235. The Morgan fingerprint density at radius 3 is 2.46 bits per heavy atom. The zero-order valence-electron chi connectivity index (χ0n) is 8.07. The topological polar surface area (TPSA) is 63.8 Å². The average Bonchev–Trinajstić information content (AvgIpc) is 2.15. The molecule has 0 aliphatic carbocycles. The van der Waals surface area contributed by atoms with E-state index < -0.39 is 0 Å². The summed E-state index contributed by atoms with van der Waals surface area (Å²) in [4.78, 5) is 7.91. The summed E-state index contributed by atoms with van der Waals surface area (Å²) in [6.07, 6.45) is 6.09. The predicted octanol–water partition coefficient (Wildman–Crippen LogP) is 1.03. The number of hydrazine groups is 1. The van der Waals surface area contributed by atoms with Crippen LogP contribution in [0.15, 0.2) is 18.7 Å². The summed E-state index contributed by atoms with van der Waals surface area (Å²) in [6.45, 7) is 4.32. The Hall–Kier alpha value is -1.00. The highest BCUT2D eigenvalue weighted by atomic mass is 15.2. The largest absolute Gasteiger partial charge is 0.271 e. The Balaban J connectivity index is 2.67.